The number of nitrogens with one attached hydrogen (secondary N) is 1. The fourth-order valence-electron chi connectivity index (χ4n) is 1.88. The van der Waals surface area contributed by atoms with Crippen LogP contribution >= 0.6 is 24.0 Å². The standard InChI is InChI=1S/C11H13FN2O2S3/c12-8-2-1-3-9(10(8)11(13)17)19(15,16)14-7-4-5-18-6-7/h1-3,7,14H,4-6H2,(H2,13,17). The van der Waals surface area contributed by atoms with Crippen LogP contribution in [0, 0.1) is 5.82 Å². The van der Waals surface area contributed by atoms with Gasteiger partial charge in [-0.15, -0.1) is 0 Å². The number of nitrogens with two attached hydrogens (primary N) is 1. The number of halogens is 1. The summed E-state index contributed by atoms with van der Waals surface area (Å²) in [4.78, 5) is -0.462. The molecule has 104 valence electrons. The molecule has 1 aromatic rings. The minimum Gasteiger partial charge on any atom is -0.389 e. The van der Waals surface area contributed by atoms with Crippen LogP contribution in [0.3, 0.4) is 0 Å². The highest BCUT2D eigenvalue weighted by Gasteiger charge is 2.27. The molecule has 0 aliphatic carbocycles. The van der Waals surface area contributed by atoms with E-state index in [4.69, 9.17) is 18.0 Å². The van der Waals surface area contributed by atoms with Gasteiger partial charge in [0.1, 0.15) is 10.8 Å². The molecule has 0 amide bonds. The van der Waals surface area contributed by atoms with Gasteiger partial charge < -0.3 is 5.73 Å². The van der Waals surface area contributed by atoms with Crippen molar-refractivity contribution in [3.8, 4) is 0 Å². The van der Waals surface area contributed by atoms with Crippen molar-refractivity contribution >= 4 is 39.0 Å². The van der Waals surface area contributed by atoms with Gasteiger partial charge in [0.15, 0.2) is 0 Å². The Kier molecular flexibility index (Phi) is 4.44. The molecule has 0 saturated carbocycles. The van der Waals surface area contributed by atoms with E-state index in [0.717, 1.165) is 24.0 Å². The molecule has 0 radical (unpaired) electrons. The zero-order valence-electron chi connectivity index (χ0n) is 9.93. The summed E-state index contributed by atoms with van der Waals surface area (Å²) < 4.78 is 40.8. The van der Waals surface area contributed by atoms with Gasteiger partial charge in [-0.25, -0.2) is 17.5 Å². The van der Waals surface area contributed by atoms with Gasteiger partial charge in [0.05, 0.1) is 10.5 Å². The van der Waals surface area contributed by atoms with Gasteiger partial charge >= 0.3 is 0 Å². The van der Waals surface area contributed by atoms with Gasteiger partial charge in [-0.1, -0.05) is 18.3 Å². The molecule has 4 nitrogen and oxygen atoms in total. The Labute approximate surface area is 121 Å². The molecule has 19 heavy (non-hydrogen) atoms. The number of thiocarbonyl (C=S) groups is 1. The summed E-state index contributed by atoms with van der Waals surface area (Å²) in [7, 11) is -3.81. The molecule has 1 unspecified atom stereocenters. The maximum atomic E-state index is 13.7. The van der Waals surface area contributed by atoms with Crippen LogP contribution < -0.4 is 10.5 Å². The number of hydrogen-bond acceptors (Lipinski definition) is 4. The first-order chi connectivity index (χ1) is 8.92. The Bertz CT molecular complexity index is 598. The Morgan fingerprint density at radius 1 is 1.53 bits per heavy atom. The van der Waals surface area contributed by atoms with Crippen molar-refractivity contribution in [2.45, 2.75) is 17.4 Å². The normalized spacial score (nSPS) is 19.5. The molecule has 0 aromatic heterocycles. The van der Waals surface area contributed by atoms with E-state index in [-0.39, 0.29) is 21.5 Å². The first kappa shape index (κ1) is 14.7. The third kappa shape index (κ3) is 3.25. The molecule has 1 fully saturated rings. The van der Waals surface area contributed by atoms with Crippen LogP contribution in [0.15, 0.2) is 23.1 Å². The van der Waals surface area contributed by atoms with Gasteiger partial charge in [0, 0.05) is 11.8 Å². The second-order valence-electron chi connectivity index (χ2n) is 4.16. The molecular formula is C11H13FN2O2S3. The smallest absolute Gasteiger partial charge is 0.241 e. The maximum absolute atomic E-state index is 13.7. The van der Waals surface area contributed by atoms with E-state index in [1.807, 2.05) is 0 Å². The van der Waals surface area contributed by atoms with Crippen LogP contribution in [-0.2, 0) is 10.0 Å². The lowest BCUT2D eigenvalue weighted by Gasteiger charge is -2.14. The van der Waals surface area contributed by atoms with E-state index in [0.29, 0.717) is 0 Å². The molecule has 1 aromatic carbocycles. The second kappa shape index (κ2) is 5.74. The summed E-state index contributed by atoms with van der Waals surface area (Å²) in [5.41, 5.74) is 5.19. The molecule has 1 aliphatic heterocycles. The monoisotopic (exact) mass is 320 g/mol. The van der Waals surface area contributed by atoms with Crippen molar-refractivity contribution in [2.75, 3.05) is 11.5 Å². The fraction of sp³-hybridized carbons (Fsp3) is 0.364. The highest BCUT2D eigenvalue weighted by molar-refractivity contribution is 7.99. The molecule has 8 heteroatoms. The third-order valence-electron chi connectivity index (χ3n) is 2.76. The van der Waals surface area contributed by atoms with E-state index >= 15 is 0 Å². The second-order valence-corrected chi connectivity index (χ2v) is 7.43. The first-order valence-electron chi connectivity index (χ1n) is 5.60. The van der Waals surface area contributed by atoms with E-state index in [2.05, 4.69) is 4.72 Å². The summed E-state index contributed by atoms with van der Waals surface area (Å²) in [6, 6.07) is 3.65. The van der Waals surface area contributed by atoms with Crippen LogP contribution in [-0.4, -0.2) is 31.0 Å². The van der Waals surface area contributed by atoms with E-state index in [1.54, 1.807) is 11.8 Å². The number of thioether (sulfide) groups is 1. The Balaban J connectivity index is 2.39. The highest BCUT2D eigenvalue weighted by atomic mass is 32.2. The van der Waals surface area contributed by atoms with Gasteiger partial charge in [-0.05, 0) is 24.3 Å². The molecule has 3 N–H and O–H groups in total. The number of benzene rings is 1. The lowest BCUT2D eigenvalue weighted by molar-refractivity contribution is 0.560. The molecule has 1 heterocycles. The Hall–Kier alpha value is -0.700. The van der Waals surface area contributed by atoms with Crippen molar-refractivity contribution in [2.24, 2.45) is 5.73 Å². The van der Waals surface area contributed by atoms with Gasteiger partial charge in [0.2, 0.25) is 10.0 Å². The first-order valence-corrected chi connectivity index (χ1v) is 8.65. The van der Waals surface area contributed by atoms with Crippen molar-refractivity contribution in [1.82, 2.24) is 4.72 Å². The van der Waals surface area contributed by atoms with Gasteiger partial charge in [-0.3, -0.25) is 0 Å². The lowest BCUT2D eigenvalue weighted by Crippen LogP contribution is -2.36. The van der Waals surface area contributed by atoms with Crippen LogP contribution in [0.2, 0.25) is 0 Å². The maximum Gasteiger partial charge on any atom is 0.241 e. The van der Waals surface area contributed by atoms with Crippen LogP contribution in [0.1, 0.15) is 12.0 Å². The van der Waals surface area contributed by atoms with Gasteiger partial charge in [0.25, 0.3) is 0 Å². The number of rotatable bonds is 4. The zero-order chi connectivity index (χ0) is 14.0. The molecule has 1 aliphatic rings. The summed E-state index contributed by atoms with van der Waals surface area (Å²) in [5, 5.41) is 0. The molecule has 0 spiro atoms. The van der Waals surface area contributed by atoms with E-state index < -0.39 is 15.8 Å². The lowest BCUT2D eigenvalue weighted by atomic mass is 10.2. The van der Waals surface area contributed by atoms with Crippen LogP contribution in [0.5, 0.6) is 0 Å². The highest BCUT2D eigenvalue weighted by Crippen LogP contribution is 2.22. The van der Waals surface area contributed by atoms with Crippen molar-refractivity contribution < 1.29 is 12.8 Å². The molecular weight excluding hydrogens is 307 g/mol. The topological polar surface area (TPSA) is 72.2 Å². The van der Waals surface area contributed by atoms with Crippen molar-refractivity contribution in [3.63, 3.8) is 0 Å². The van der Waals surface area contributed by atoms with Crippen LogP contribution in [0.25, 0.3) is 0 Å². The molecule has 1 saturated heterocycles. The molecule has 1 atom stereocenters. The predicted octanol–water partition coefficient (Wildman–Crippen LogP) is 1.24. The quantitative estimate of drug-likeness (QED) is 0.817. The third-order valence-corrected chi connectivity index (χ3v) is 5.69. The summed E-state index contributed by atoms with van der Waals surface area (Å²) in [6.07, 6.45) is 0.765. The zero-order valence-corrected chi connectivity index (χ0v) is 12.4. The summed E-state index contributed by atoms with van der Waals surface area (Å²) in [5.74, 6) is 0.909. The largest absolute Gasteiger partial charge is 0.389 e. The Morgan fingerprint density at radius 2 is 2.26 bits per heavy atom. The average Bonchev–Trinajstić information content (AvgIpc) is 2.80. The van der Waals surface area contributed by atoms with Crippen LogP contribution in [0.4, 0.5) is 4.39 Å². The van der Waals surface area contributed by atoms with E-state index in [9.17, 15) is 12.8 Å². The molecule has 2 rings (SSSR count). The fourth-order valence-corrected chi connectivity index (χ4v) is 4.91. The summed E-state index contributed by atoms with van der Waals surface area (Å²) in [6.45, 7) is 0. The minimum absolute atomic E-state index is 0.127. The SMILES string of the molecule is NC(=S)c1c(F)cccc1S(=O)(=O)NC1CCSC1. The van der Waals surface area contributed by atoms with E-state index in [1.165, 1.54) is 12.1 Å². The summed E-state index contributed by atoms with van der Waals surface area (Å²) >= 11 is 6.41. The van der Waals surface area contributed by atoms with Gasteiger partial charge in [-0.2, -0.15) is 11.8 Å². The number of sulfonamides is 1. The number of hydrogen-bond donors (Lipinski definition) is 2. The minimum atomic E-state index is -3.81. The molecule has 0 bridgehead atoms. The Morgan fingerprint density at radius 3 is 2.84 bits per heavy atom. The van der Waals surface area contributed by atoms with Crippen molar-refractivity contribution in [3.05, 3.63) is 29.6 Å². The van der Waals surface area contributed by atoms with Crippen molar-refractivity contribution in [1.29, 1.82) is 0 Å². The average molecular weight is 320 g/mol. The predicted molar refractivity (Wildman–Crippen MR) is 78.3 cm³/mol.